The van der Waals surface area contributed by atoms with E-state index in [4.69, 9.17) is 0 Å². The molecule has 1 aliphatic carbocycles. The van der Waals surface area contributed by atoms with Crippen molar-refractivity contribution in [3.8, 4) is 0 Å². The normalized spacial score (nSPS) is 26.3. The summed E-state index contributed by atoms with van der Waals surface area (Å²) in [7, 11) is 0. The Hall–Kier alpha value is -2.50. The van der Waals surface area contributed by atoms with Gasteiger partial charge in [0.25, 0.3) is 0 Å². The van der Waals surface area contributed by atoms with Crippen molar-refractivity contribution in [3.05, 3.63) is 65.7 Å². The standard InChI is InChI=1S/C24H28N2O3/c1-17(27)25-22-9-7-19(8-10-22)23(28)16-26-14-20-12-24(29,13-21(20)15-26)11-18-5-3-2-4-6-18/h2-10,20-21,29H,11-16H2,1H3,(H,25,27)/t20-,21+,24-. The molecule has 1 saturated heterocycles. The number of hydrogen-bond acceptors (Lipinski definition) is 4. The van der Waals surface area contributed by atoms with E-state index < -0.39 is 5.60 Å². The molecule has 2 aromatic rings. The lowest BCUT2D eigenvalue weighted by molar-refractivity contribution is -0.114. The quantitative estimate of drug-likeness (QED) is 0.741. The second-order valence-electron chi connectivity index (χ2n) is 8.69. The first-order valence-corrected chi connectivity index (χ1v) is 10.3. The molecular formula is C24H28N2O3. The van der Waals surface area contributed by atoms with Crippen LogP contribution in [-0.2, 0) is 11.2 Å². The van der Waals surface area contributed by atoms with E-state index in [-0.39, 0.29) is 11.7 Å². The van der Waals surface area contributed by atoms with Crippen molar-refractivity contribution in [3.63, 3.8) is 0 Å². The monoisotopic (exact) mass is 392 g/mol. The van der Waals surface area contributed by atoms with E-state index in [1.165, 1.54) is 12.5 Å². The molecule has 1 heterocycles. The average Bonchev–Trinajstić information content (AvgIpc) is 3.16. The van der Waals surface area contributed by atoms with Crippen LogP contribution in [0, 0.1) is 11.8 Å². The van der Waals surface area contributed by atoms with E-state index >= 15 is 0 Å². The molecule has 0 spiro atoms. The van der Waals surface area contributed by atoms with Crippen LogP contribution in [0.25, 0.3) is 0 Å². The number of amides is 1. The minimum Gasteiger partial charge on any atom is -0.390 e. The molecule has 5 heteroatoms. The molecule has 152 valence electrons. The summed E-state index contributed by atoms with van der Waals surface area (Å²) in [4.78, 5) is 26.0. The smallest absolute Gasteiger partial charge is 0.221 e. The molecular weight excluding hydrogens is 364 g/mol. The minimum absolute atomic E-state index is 0.0962. The Labute approximate surface area is 171 Å². The van der Waals surface area contributed by atoms with Crippen molar-refractivity contribution in [2.75, 3.05) is 25.0 Å². The fourth-order valence-corrected chi connectivity index (χ4v) is 5.04. The minimum atomic E-state index is -0.619. The maximum absolute atomic E-state index is 12.6. The van der Waals surface area contributed by atoms with Crippen LogP contribution in [0.2, 0.25) is 0 Å². The fraction of sp³-hybridized carbons (Fsp3) is 0.417. The van der Waals surface area contributed by atoms with Crippen molar-refractivity contribution in [1.29, 1.82) is 0 Å². The number of carbonyl (C=O) groups is 2. The molecule has 2 fully saturated rings. The molecule has 0 bridgehead atoms. The van der Waals surface area contributed by atoms with Gasteiger partial charge in [-0.1, -0.05) is 30.3 Å². The van der Waals surface area contributed by atoms with Gasteiger partial charge in [-0.3, -0.25) is 14.5 Å². The van der Waals surface area contributed by atoms with Crippen molar-refractivity contribution >= 4 is 17.4 Å². The zero-order valence-electron chi connectivity index (χ0n) is 16.8. The van der Waals surface area contributed by atoms with Gasteiger partial charge < -0.3 is 10.4 Å². The van der Waals surface area contributed by atoms with E-state index in [0.29, 0.717) is 36.1 Å². The molecule has 3 atom stereocenters. The Kier molecular flexibility index (Phi) is 5.52. The number of likely N-dealkylation sites (tertiary alicyclic amines) is 1. The van der Waals surface area contributed by atoms with Crippen LogP contribution in [-0.4, -0.2) is 46.9 Å². The maximum Gasteiger partial charge on any atom is 0.221 e. The zero-order chi connectivity index (χ0) is 20.4. The van der Waals surface area contributed by atoms with Crippen molar-refractivity contribution in [1.82, 2.24) is 4.90 Å². The number of nitrogens with zero attached hydrogens (tertiary/aromatic N) is 1. The van der Waals surface area contributed by atoms with Gasteiger partial charge >= 0.3 is 0 Å². The van der Waals surface area contributed by atoms with E-state index in [2.05, 4.69) is 22.3 Å². The van der Waals surface area contributed by atoms with Gasteiger partial charge in [-0.05, 0) is 54.5 Å². The van der Waals surface area contributed by atoms with Gasteiger partial charge in [0, 0.05) is 37.7 Å². The Balaban J connectivity index is 1.30. The predicted molar refractivity (Wildman–Crippen MR) is 113 cm³/mol. The van der Waals surface area contributed by atoms with Gasteiger partial charge in [0.05, 0.1) is 12.1 Å². The van der Waals surface area contributed by atoms with Crippen LogP contribution in [0.5, 0.6) is 0 Å². The average molecular weight is 392 g/mol. The topological polar surface area (TPSA) is 69.6 Å². The third-order valence-electron chi connectivity index (χ3n) is 6.21. The van der Waals surface area contributed by atoms with Crippen LogP contribution in [0.15, 0.2) is 54.6 Å². The van der Waals surface area contributed by atoms with Gasteiger partial charge in [0.1, 0.15) is 0 Å². The SMILES string of the molecule is CC(=O)Nc1ccc(C(=O)CN2C[C@@H]3C[C@@](O)(Cc4ccccc4)C[C@@H]3C2)cc1. The highest BCUT2D eigenvalue weighted by Gasteiger charge is 2.48. The highest BCUT2D eigenvalue weighted by molar-refractivity contribution is 5.98. The van der Waals surface area contributed by atoms with E-state index in [0.717, 1.165) is 25.9 Å². The molecule has 1 saturated carbocycles. The number of nitrogens with one attached hydrogen (secondary N) is 1. The van der Waals surface area contributed by atoms with Crippen molar-refractivity contribution in [2.45, 2.75) is 31.8 Å². The molecule has 2 N–H and O–H groups in total. The number of carbonyl (C=O) groups excluding carboxylic acids is 2. The summed E-state index contributed by atoms with van der Waals surface area (Å²) >= 11 is 0. The molecule has 0 radical (unpaired) electrons. The lowest BCUT2D eigenvalue weighted by atomic mass is 9.91. The van der Waals surface area contributed by atoms with Crippen LogP contribution in [0.4, 0.5) is 5.69 Å². The van der Waals surface area contributed by atoms with Crippen LogP contribution >= 0.6 is 0 Å². The summed E-state index contributed by atoms with van der Waals surface area (Å²) in [6, 6.07) is 17.2. The van der Waals surface area contributed by atoms with Crippen molar-refractivity contribution < 1.29 is 14.7 Å². The first-order chi connectivity index (χ1) is 13.9. The second kappa shape index (κ2) is 8.09. The molecule has 29 heavy (non-hydrogen) atoms. The zero-order valence-corrected chi connectivity index (χ0v) is 16.8. The van der Waals surface area contributed by atoms with Crippen molar-refractivity contribution in [2.24, 2.45) is 11.8 Å². The van der Waals surface area contributed by atoms with E-state index in [1.807, 2.05) is 18.2 Å². The number of hydrogen-bond donors (Lipinski definition) is 2. The Morgan fingerprint density at radius 1 is 1.03 bits per heavy atom. The predicted octanol–water partition coefficient (Wildman–Crippen LogP) is 3.14. The van der Waals surface area contributed by atoms with Crippen LogP contribution in [0.3, 0.4) is 0 Å². The summed E-state index contributed by atoms with van der Waals surface area (Å²) in [6.45, 7) is 3.61. The first-order valence-electron chi connectivity index (χ1n) is 10.3. The maximum atomic E-state index is 12.6. The second-order valence-corrected chi connectivity index (χ2v) is 8.69. The first kappa shape index (κ1) is 19.8. The van der Waals surface area contributed by atoms with Crippen LogP contribution in [0.1, 0.15) is 35.7 Å². The highest BCUT2D eigenvalue weighted by Crippen LogP contribution is 2.45. The Bertz CT molecular complexity index is 865. The molecule has 1 amide bonds. The molecule has 4 rings (SSSR count). The number of aliphatic hydroxyl groups is 1. The summed E-state index contributed by atoms with van der Waals surface area (Å²) in [5, 5.41) is 13.8. The van der Waals surface area contributed by atoms with Gasteiger partial charge in [0.15, 0.2) is 5.78 Å². The van der Waals surface area contributed by atoms with E-state index in [1.54, 1.807) is 24.3 Å². The number of fused-ring (bicyclic) bond motifs is 1. The highest BCUT2D eigenvalue weighted by atomic mass is 16.3. The summed E-state index contributed by atoms with van der Waals surface area (Å²) in [5.41, 5.74) is 1.93. The molecule has 2 aliphatic rings. The summed E-state index contributed by atoms with van der Waals surface area (Å²) in [6.07, 6.45) is 2.33. The van der Waals surface area contributed by atoms with Gasteiger partial charge in [0.2, 0.25) is 5.91 Å². The van der Waals surface area contributed by atoms with Gasteiger partial charge in [-0.2, -0.15) is 0 Å². The lowest BCUT2D eigenvalue weighted by Gasteiger charge is -2.26. The van der Waals surface area contributed by atoms with E-state index in [9.17, 15) is 14.7 Å². The number of Topliss-reactive ketones (excluding diaryl/α,β-unsaturated/α-hetero) is 1. The van der Waals surface area contributed by atoms with Gasteiger partial charge in [-0.15, -0.1) is 0 Å². The molecule has 0 aromatic heterocycles. The molecule has 2 aromatic carbocycles. The largest absolute Gasteiger partial charge is 0.390 e. The number of rotatable bonds is 6. The third-order valence-corrected chi connectivity index (χ3v) is 6.21. The Morgan fingerprint density at radius 2 is 1.66 bits per heavy atom. The summed E-state index contributed by atoms with van der Waals surface area (Å²) < 4.78 is 0. The molecule has 1 aliphatic heterocycles. The molecule has 0 unspecified atom stereocenters. The summed E-state index contributed by atoms with van der Waals surface area (Å²) in [5.74, 6) is 0.885. The number of anilines is 1. The third kappa shape index (κ3) is 4.74. The lowest BCUT2D eigenvalue weighted by Crippen LogP contribution is -2.34. The molecule has 5 nitrogen and oxygen atoms in total. The Morgan fingerprint density at radius 3 is 2.24 bits per heavy atom. The number of benzene rings is 2. The van der Waals surface area contributed by atoms with Crippen LogP contribution < -0.4 is 5.32 Å². The number of ketones is 1. The van der Waals surface area contributed by atoms with Gasteiger partial charge in [-0.25, -0.2) is 0 Å². The fourth-order valence-electron chi connectivity index (χ4n) is 5.04.